The van der Waals surface area contributed by atoms with Crippen LogP contribution in [0.25, 0.3) is 0 Å². The van der Waals surface area contributed by atoms with Crippen LogP contribution in [0.4, 0.5) is 0 Å². The second kappa shape index (κ2) is 4.62. The van der Waals surface area contributed by atoms with Gasteiger partial charge >= 0.3 is 5.97 Å². The lowest BCUT2D eigenvalue weighted by Crippen LogP contribution is -2.05. The summed E-state index contributed by atoms with van der Waals surface area (Å²) in [6, 6.07) is 4.66. The van der Waals surface area contributed by atoms with Crippen molar-refractivity contribution in [3.8, 4) is 5.75 Å². The van der Waals surface area contributed by atoms with Gasteiger partial charge in [0.25, 0.3) is 0 Å². The Labute approximate surface area is 82.3 Å². The van der Waals surface area contributed by atoms with Gasteiger partial charge < -0.3 is 15.6 Å². The van der Waals surface area contributed by atoms with Crippen molar-refractivity contribution in [1.29, 1.82) is 0 Å². The maximum atomic E-state index is 11.3. The summed E-state index contributed by atoms with van der Waals surface area (Å²) in [5, 5.41) is 9.46. The summed E-state index contributed by atoms with van der Waals surface area (Å²) < 4.78 is 4.75. The summed E-state index contributed by atoms with van der Waals surface area (Å²) >= 11 is 0. The lowest BCUT2D eigenvalue weighted by atomic mass is 10.1. The summed E-state index contributed by atoms with van der Waals surface area (Å²) in [5.41, 5.74) is 6.32. The summed E-state index contributed by atoms with van der Waals surface area (Å²) in [6.07, 6.45) is 0. The number of hydrogen-bond acceptors (Lipinski definition) is 4. The largest absolute Gasteiger partial charge is 0.507 e. The first-order valence-electron chi connectivity index (χ1n) is 4.38. The van der Waals surface area contributed by atoms with E-state index in [1.165, 1.54) is 12.1 Å². The molecule has 0 aliphatic carbocycles. The summed E-state index contributed by atoms with van der Waals surface area (Å²) in [6.45, 7) is 2.33. The van der Waals surface area contributed by atoms with Crippen molar-refractivity contribution < 1.29 is 14.6 Å². The Hall–Kier alpha value is -1.55. The molecule has 0 aliphatic rings. The zero-order valence-corrected chi connectivity index (χ0v) is 7.99. The van der Waals surface area contributed by atoms with Gasteiger partial charge in [-0.1, -0.05) is 6.07 Å². The zero-order chi connectivity index (χ0) is 10.6. The Morgan fingerprint density at radius 3 is 2.79 bits per heavy atom. The molecule has 1 aromatic rings. The molecule has 0 bridgehead atoms. The number of phenolic OH excluding ortho intramolecular Hbond substituents is 1. The van der Waals surface area contributed by atoms with Crippen LogP contribution in [0, 0.1) is 0 Å². The molecule has 1 rings (SSSR count). The van der Waals surface area contributed by atoms with Crippen LogP contribution in [-0.4, -0.2) is 17.7 Å². The lowest BCUT2D eigenvalue weighted by molar-refractivity contribution is 0.0523. The first-order chi connectivity index (χ1) is 6.69. The molecule has 0 radical (unpaired) electrons. The van der Waals surface area contributed by atoms with Gasteiger partial charge in [-0.2, -0.15) is 0 Å². The van der Waals surface area contributed by atoms with Crippen LogP contribution in [0.3, 0.4) is 0 Å². The van der Waals surface area contributed by atoms with Crippen LogP contribution in [0.2, 0.25) is 0 Å². The van der Waals surface area contributed by atoms with Gasteiger partial charge in [0.05, 0.1) is 6.61 Å². The molecule has 0 atom stereocenters. The minimum Gasteiger partial charge on any atom is -0.507 e. The number of phenols is 1. The van der Waals surface area contributed by atoms with E-state index < -0.39 is 5.97 Å². The molecule has 1 aromatic carbocycles. The van der Waals surface area contributed by atoms with Crippen LogP contribution in [-0.2, 0) is 11.3 Å². The Bertz CT molecular complexity index is 336. The summed E-state index contributed by atoms with van der Waals surface area (Å²) in [4.78, 5) is 11.3. The minimum absolute atomic E-state index is 0.0913. The van der Waals surface area contributed by atoms with Gasteiger partial charge in [0, 0.05) is 6.54 Å². The highest BCUT2D eigenvalue weighted by atomic mass is 16.5. The van der Waals surface area contributed by atoms with E-state index in [4.69, 9.17) is 10.5 Å². The second-order valence-corrected chi connectivity index (χ2v) is 2.78. The standard InChI is InChI=1S/C10H13NO3/c1-2-14-10(13)8-4-3-7(6-11)5-9(8)12/h3-5,12H,2,6,11H2,1H3. The molecule has 0 aromatic heterocycles. The topological polar surface area (TPSA) is 72.5 Å². The molecule has 14 heavy (non-hydrogen) atoms. The molecule has 3 N–H and O–H groups in total. The Balaban J connectivity index is 2.94. The highest BCUT2D eigenvalue weighted by Crippen LogP contribution is 2.19. The van der Waals surface area contributed by atoms with E-state index in [1.54, 1.807) is 13.0 Å². The van der Waals surface area contributed by atoms with E-state index in [-0.39, 0.29) is 17.9 Å². The summed E-state index contributed by atoms with van der Waals surface area (Å²) in [5.74, 6) is -0.611. The minimum atomic E-state index is -0.520. The highest BCUT2D eigenvalue weighted by Gasteiger charge is 2.11. The van der Waals surface area contributed by atoms with E-state index in [1.807, 2.05) is 0 Å². The van der Waals surface area contributed by atoms with E-state index in [0.717, 1.165) is 5.56 Å². The molecule has 76 valence electrons. The average molecular weight is 195 g/mol. The first kappa shape index (κ1) is 10.5. The van der Waals surface area contributed by atoms with Gasteiger partial charge in [-0.15, -0.1) is 0 Å². The number of aromatic hydroxyl groups is 1. The van der Waals surface area contributed by atoms with Crippen LogP contribution >= 0.6 is 0 Å². The van der Waals surface area contributed by atoms with Crippen molar-refractivity contribution in [2.24, 2.45) is 5.73 Å². The Morgan fingerprint density at radius 2 is 2.29 bits per heavy atom. The number of hydrogen-bond donors (Lipinski definition) is 2. The second-order valence-electron chi connectivity index (χ2n) is 2.78. The number of benzene rings is 1. The number of nitrogens with two attached hydrogens (primary N) is 1. The van der Waals surface area contributed by atoms with Crippen molar-refractivity contribution in [2.45, 2.75) is 13.5 Å². The molecular weight excluding hydrogens is 182 g/mol. The molecular formula is C10H13NO3. The van der Waals surface area contributed by atoms with E-state index in [0.29, 0.717) is 6.54 Å². The van der Waals surface area contributed by atoms with E-state index >= 15 is 0 Å². The predicted molar refractivity (Wildman–Crippen MR) is 52.0 cm³/mol. The van der Waals surface area contributed by atoms with E-state index in [2.05, 4.69) is 0 Å². The van der Waals surface area contributed by atoms with Crippen LogP contribution in [0.1, 0.15) is 22.8 Å². The van der Waals surface area contributed by atoms with Gasteiger partial charge in [0.1, 0.15) is 11.3 Å². The fourth-order valence-corrected chi connectivity index (χ4v) is 1.09. The summed E-state index contributed by atoms with van der Waals surface area (Å²) in [7, 11) is 0. The average Bonchev–Trinajstić information content (AvgIpc) is 2.17. The number of carbonyl (C=O) groups is 1. The van der Waals surface area contributed by atoms with Gasteiger partial charge in [-0.05, 0) is 24.6 Å². The SMILES string of the molecule is CCOC(=O)c1ccc(CN)cc1O. The molecule has 0 aliphatic heterocycles. The third kappa shape index (κ3) is 2.23. The smallest absolute Gasteiger partial charge is 0.341 e. The van der Waals surface area contributed by atoms with Gasteiger partial charge in [0.15, 0.2) is 0 Å². The molecule has 0 unspecified atom stereocenters. The van der Waals surface area contributed by atoms with Crippen molar-refractivity contribution in [2.75, 3.05) is 6.61 Å². The maximum absolute atomic E-state index is 11.3. The number of ether oxygens (including phenoxy) is 1. The van der Waals surface area contributed by atoms with Crippen molar-refractivity contribution in [1.82, 2.24) is 0 Å². The van der Waals surface area contributed by atoms with Gasteiger partial charge in [0.2, 0.25) is 0 Å². The van der Waals surface area contributed by atoms with Crippen molar-refractivity contribution >= 4 is 5.97 Å². The zero-order valence-electron chi connectivity index (χ0n) is 7.99. The maximum Gasteiger partial charge on any atom is 0.341 e. The normalized spacial score (nSPS) is 9.86. The molecule has 0 saturated carbocycles. The Kier molecular flexibility index (Phi) is 3.48. The molecule has 0 fully saturated rings. The number of rotatable bonds is 3. The Morgan fingerprint density at radius 1 is 1.57 bits per heavy atom. The molecule has 4 heteroatoms. The van der Waals surface area contributed by atoms with Gasteiger partial charge in [-0.3, -0.25) is 0 Å². The molecule has 0 spiro atoms. The highest BCUT2D eigenvalue weighted by molar-refractivity contribution is 5.92. The fraction of sp³-hybridized carbons (Fsp3) is 0.300. The fourth-order valence-electron chi connectivity index (χ4n) is 1.09. The van der Waals surface area contributed by atoms with E-state index in [9.17, 15) is 9.90 Å². The van der Waals surface area contributed by atoms with Crippen LogP contribution < -0.4 is 5.73 Å². The molecule has 0 amide bonds. The molecule has 0 saturated heterocycles. The monoisotopic (exact) mass is 195 g/mol. The third-order valence-corrected chi connectivity index (χ3v) is 1.79. The number of esters is 1. The number of carbonyl (C=O) groups excluding carboxylic acids is 1. The van der Waals surface area contributed by atoms with Crippen molar-refractivity contribution in [3.63, 3.8) is 0 Å². The van der Waals surface area contributed by atoms with Crippen LogP contribution in [0.5, 0.6) is 5.75 Å². The lowest BCUT2D eigenvalue weighted by Gasteiger charge is -2.05. The molecule has 4 nitrogen and oxygen atoms in total. The van der Waals surface area contributed by atoms with Gasteiger partial charge in [-0.25, -0.2) is 4.79 Å². The first-order valence-corrected chi connectivity index (χ1v) is 4.38. The molecule has 0 heterocycles. The van der Waals surface area contributed by atoms with Crippen molar-refractivity contribution in [3.05, 3.63) is 29.3 Å². The van der Waals surface area contributed by atoms with Crippen LogP contribution in [0.15, 0.2) is 18.2 Å². The third-order valence-electron chi connectivity index (χ3n) is 1.79. The predicted octanol–water partition coefficient (Wildman–Crippen LogP) is 1.03. The quantitative estimate of drug-likeness (QED) is 0.706.